The molecule has 0 saturated heterocycles. The van der Waals surface area contributed by atoms with Gasteiger partial charge in [-0.3, -0.25) is 9.58 Å². The molecule has 0 bridgehead atoms. The van der Waals surface area contributed by atoms with Crippen molar-refractivity contribution in [2.75, 3.05) is 13.6 Å². The van der Waals surface area contributed by atoms with Crippen LogP contribution in [0.25, 0.3) is 0 Å². The molecule has 1 aromatic heterocycles. The third-order valence-electron chi connectivity index (χ3n) is 3.04. The number of nitrogens with zero attached hydrogens (tertiary/aromatic N) is 4. The van der Waals surface area contributed by atoms with Crippen molar-refractivity contribution < 1.29 is 0 Å². The predicted molar refractivity (Wildman–Crippen MR) is 58.0 cm³/mol. The lowest BCUT2D eigenvalue weighted by Gasteiger charge is -2.25. The van der Waals surface area contributed by atoms with Crippen molar-refractivity contribution in [1.29, 1.82) is 0 Å². The van der Waals surface area contributed by atoms with E-state index in [1.54, 1.807) is 4.68 Å². The van der Waals surface area contributed by atoms with Crippen molar-refractivity contribution in [1.82, 2.24) is 19.9 Å². The van der Waals surface area contributed by atoms with E-state index >= 15 is 0 Å². The quantitative estimate of drug-likeness (QED) is 0.740. The Hall–Kier alpha value is -0.940. The lowest BCUT2D eigenvalue weighted by atomic mass is 10.1. The maximum atomic E-state index is 5.79. The van der Waals surface area contributed by atoms with Gasteiger partial charge in [0.1, 0.15) is 0 Å². The number of likely N-dealkylation sites (N-methyl/N-ethyl adjacent to an activating group) is 1. The summed E-state index contributed by atoms with van der Waals surface area (Å²) in [5.41, 5.74) is 6.80. The number of aromatic nitrogens is 3. The Morgan fingerprint density at radius 1 is 1.67 bits per heavy atom. The van der Waals surface area contributed by atoms with Gasteiger partial charge in [0.25, 0.3) is 0 Å². The first kappa shape index (κ1) is 10.6. The fourth-order valence-corrected chi connectivity index (χ4v) is 2.05. The highest BCUT2D eigenvalue weighted by Gasteiger charge is 2.32. The lowest BCUT2D eigenvalue weighted by Crippen LogP contribution is -2.39. The second-order valence-electron chi connectivity index (χ2n) is 4.44. The van der Waals surface area contributed by atoms with Crippen LogP contribution in [0.2, 0.25) is 0 Å². The van der Waals surface area contributed by atoms with Crippen LogP contribution in [-0.4, -0.2) is 39.5 Å². The van der Waals surface area contributed by atoms with Crippen molar-refractivity contribution in [3.8, 4) is 0 Å². The van der Waals surface area contributed by atoms with Gasteiger partial charge in [0.2, 0.25) is 0 Å². The van der Waals surface area contributed by atoms with Gasteiger partial charge in [-0.25, -0.2) is 0 Å². The van der Waals surface area contributed by atoms with Gasteiger partial charge in [0, 0.05) is 32.4 Å². The van der Waals surface area contributed by atoms with Crippen LogP contribution in [-0.2, 0) is 13.6 Å². The van der Waals surface area contributed by atoms with Crippen molar-refractivity contribution in [2.45, 2.75) is 25.4 Å². The van der Waals surface area contributed by atoms with Gasteiger partial charge in [0.15, 0.2) is 0 Å². The minimum absolute atomic E-state index is 0.506. The van der Waals surface area contributed by atoms with E-state index in [1.165, 1.54) is 12.8 Å². The average molecular weight is 209 g/mol. The van der Waals surface area contributed by atoms with Crippen molar-refractivity contribution >= 4 is 0 Å². The normalized spacial score (nSPS) is 18.4. The summed E-state index contributed by atoms with van der Waals surface area (Å²) in [6.07, 6.45) is 4.61. The molecule has 1 unspecified atom stereocenters. The molecule has 0 radical (unpaired) electrons. The summed E-state index contributed by atoms with van der Waals surface area (Å²) in [5, 5.41) is 8.01. The molecule has 0 amide bonds. The summed E-state index contributed by atoms with van der Waals surface area (Å²) in [7, 11) is 4.00. The first-order valence-corrected chi connectivity index (χ1v) is 5.46. The van der Waals surface area contributed by atoms with Crippen LogP contribution in [0.3, 0.4) is 0 Å². The molecule has 5 nitrogen and oxygen atoms in total. The molecule has 0 aliphatic heterocycles. The molecule has 1 heterocycles. The molecule has 1 aromatic rings. The van der Waals surface area contributed by atoms with E-state index < -0.39 is 0 Å². The molecule has 2 rings (SSSR count). The molecule has 0 aromatic carbocycles. The predicted octanol–water partition coefficient (Wildman–Crippen LogP) is -0.0158. The summed E-state index contributed by atoms with van der Waals surface area (Å²) in [5.74, 6) is 0.802. The topological polar surface area (TPSA) is 60.0 Å². The number of nitrogens with two attached hydrogens (primary N) is 1. The molecule has 2 N–H and O–H groups in total. The van der Waals surface area contributed by atoms with Gasteiger partial charge in [-0.15, -0.1) is 5.10 Å². The van der Waals surface area contributed by atoms with E-state index in [0.717, 1.165) is 24.7 Å². The third kappa shape index (κ3) is 2.54. The average Bonchev–Trinajstić information content (AvgIpc) is 2.93. The number of rotatable bonds is 5. The van der Waals surface area contributed by atoms with E-state index in [4.69, 9.17) is 5.73 Å². The number of hydrogen-bond donors (Lipinski definition) is 1. The van der Waals surface area contributed by atoms with Crippen LogP contribution in [0.5, 0.6) is 0 Å². The van der Waals surface area contributed by atoms with E-state index in [0.29, 0.717) is 6.04 Å². The molecule has 5 heteroatoms. The molecular weight excluding hydrogens is 190 g/mol. The second-order valence-corrected chi connectivity index (χ2v) is 4.44. The molecule has 1 aliphatic carbocycles. The van der Waals surface area contributed by atoms with E-state index in [1.807, 2.05) is 13.2 Å². The summed E-state index contributed by atoms with van der Waals surface area (Å²) in [4.78, 5) is 2.29. The van der Waals surface area contributed by atoms with Crippen molar-refractivity contribution in [2.24, 2.45) is 18.7 Å². The van der Waals surface area contributed by atoms with Gasteiger partial charge < -0.3 is 5.73 Å². The maximum Gasteiger partial charge on any atom is 0.0967 e. The van der Waals surface area contributed by atoms with Gasteiger partial charge in [-0.2, -0.15) is 0 Å². The SMILES string of the molecule is CN(Cc1cn(C)nn1)C(CN)C1CC1. The molecular formula is C10H19N5. The standard InChI is InChI=1S/C10H19N5/c1-14(10(5-11)8-3-4-8)6-9-7-15(2)13-12-9/h7-8,10H,3-6,11H2,1-2H3. The fraction of sp³-hybridized carbons (Fsp3) is 0.800. The molecule has 84 valence electrons. The summed E-state index contributed by atoms with van der Waals surface area (Å²) in [6, 6.07) is 0.506. The first-order valence-electron chi connectivity index (χ1n) is 5.46. The maximum absolute atomic E-state index is 5.79. The van der Waals surface area contributed by atoms with Crippen molar-refractivity contribution in [3.63, 3.8) is 0 Å². The Morgan fingerprint density at radius 3 is 2.87 bits per heavy atom. The highest BCUT2D eigenvalue weighted by atomic mass is 15.4. The Balaban J connectivity index is 1.92. The van der Waals surface area contributed by atoms with Crippen molar-refractivity contribution in [3.05, 3.63) is 11.9 Å². The van der Waals surface area contributed by atoms with E-state index in [-0.39, 0.29) is 0 Å². The highest BCUT2D eigenvalue weighted by molar-refractivity contribution is 4.95. The molecule has 1 atom stereocenters. The van der Waals surface area contributed by atoms with Crippen LogP contribution < -0.4 is 5.73 Å². The van der Waals surface area contributed by atoms with Gasteiger partial charge >= 0.3 is 0 Å². The molecule has 1 saturated carbocycles. The monoisotopic (exact) mass is 209 g/mol. The zero-order chi connectivity index (χ0) is 10.8. The largest absolute Gasteiger partial charge is 0.329 e. The Labute approximate surface area is 90.2 Å². The van der Waals surface area contributed by atoms with E-state index in [9.17, 15) is 0 Å². The number of hydrogen-bond acceptors (Lipinski definition) is 4. The zero-order valence-corrected chi connectivity index (χ0v) is 9.43. The first-order chi connectivity index (χ1) is 7.20. The van der Waals surface area contributed by atoms with Crippen LogP contribution in [0.4, 0.5) is 0 Å². The minimum atomic E-state index is 0.506. The summed E-state index contributed by atoms with van der Waals surface area (Å²) < 4.78 is 1.73. The number of aryl methyl sites for hydroxylation is 1. The Morgan fingerprint density at radius 2 is 2.40 bits per heavy atom. The molecule has 1 fully saturated rings. The van der Waals surface area contributed by atoms with Crippen LogP contribution in [0.1, 0.15) is 18.5 Å². The minimum Gasteiger partial charge on any atom is -0.329 e. The van der Waals surface area contributed by atoms with Crippen LogP contribution in [0, 0.1) is 5.92 Å². The zero-order valence-electron chi connectivity index (χ0n) is 9.43. The third-order valence-corrected chi connectivity index (χ3v) is 3.04. The van der Waals surface area contributed by atoms with Gasteiger partial charge in [-0.1, -0.05) is 5.21 Å². The Bertz CT molecular complexity index is 317. The fourth-order valence-electron chi connectivity index (χ4n) is 2.05. The lowest BCUT2D eigenvalue weighted by molar-refractivity contribution is 0.213. The molecule has 0 spiro atoms. The molecule has 1 aliphatic rings. The van der Waals surface area contributed by atoms with E-state index in [2.05, 4.69) is 22.3 Å². The highest BCUT2D eigenvalue weighted by Crippen LogP contribution is 2.34. The van der Waals surface area contributed by atoms with Gasteiger partial charge in [-0.05, 0) is 25.8 Å². The molecule has 15 heavy (non-hydrogen) atoms. The van der Waals surface area contributed by atoms with Crippen LogP contribution >= 0.6 is 0 Å². The summed E-state index contributed by atoms with van der Waals surface area (Å²) in [6.45, 7) is 1.58. The van der Waals surface area contributed by atoms with Gasteiger partial charge in [0.05, 0.1) is 5.69 Å². The summed E-state index contributed by atoms with van der Waals surface area (Å²) >= 11 is 0. The smallest absolute Gasteiger partial charge is 0.0967 e. The Kier molecular flexibility index (Phi) is 3.02. The second kappa shape index (κ2) is 4.28. The van der Waals surface area contributed by atoms with Crippen LogP contribution in [0.15, 0.2) is 6.20 Å².